The normalized spacial score (nSPS) is 19.2. The second-order valence-electron chi connectivity index (χ2n) is 10.3. The topological polar surface area (TPSA) is 61.4 Å². The van der Waals surface area contributed by atoms with E-state index in [1.165, 1.54) is 16.7 Å². The average Bonchev–Trinajstić information content (AvgIpc) is 3.49. The highest BCUT2D eigenvalue weighted by atomic mass is 15.1. The molecule has 6 nitrogen and oxygen atoms in total. The van der Waals surface area contributed by atoms with Crippen molar-refractivity contribution in [1.29, 1.82) is 0 Å². The summed E-state index contributed by atoms with van der Waals surface area (Å²) >= 11 is 0. The van der Waals surface area contributed by atoms with Crippen LogP contribution in [0.1, 0.15) is 59.2 Å². The van der Waals surface area contributed by atoms with E-state index in [0.29, 0.717) is 6.04 Å². The highest BCUT2D eigenvalue weighted by molar-refractivity contribution is 5.78. The Labute approximate surface area is 214 Å². The predicted molar refractivity (Wildman–Crippen MR) is 148 cm³/mol. The van der Waals surface area contributed by atoms with Crippen LogP contribution in [0.15, 0.2) is 96.7 Å². The van der Waals surface area contributed by atoms with Gasteiger partial charge in [-0.25, -0.2) is 19.9 Å². The van der Waals surface area contributed by atoms with E-state index in [1.807, 2.05) is 30.1 Å². The third-order valence-electron chi connectivity index (χ3n) is 7.03. The summed E-state index contributed by atoms with van der Waals surface area (Å²) in [5.41, 5.74) is 8.54. The van der Waals surface area contributed by atoms with E-state index in [-0.39, 0.29) is 5.41 Å². The number of imidazole rings is 2. The molecule has 1 atom stereocenters. The van der Waals surface area contributed by atoms with Crippen LogP contribution in [-0.2, 0) is 0 Å². The Morgan fingerprint density at radius 1 is 1.08 bits per heavy atom. The van der Waals surface area contributed by atoms with Crippen molar-refractivity contribution in [2.24, 2.45) is 5.41 Å². The van der Waals surface area contributed by atoms with Gasteiger partial charge in [-0.3, -0.25) is 4.57 Å². The van der Waals surface area contributed by atoms with Crippen LogP contribution in [0, 0.1) is 12.3 Å². The zero-order chi connectivity index (χ0) is 25.9. The van der Waals surface area contributed by atoms with E-state index in [0.717, 1.165) is 41.0 Å². The van der Waals surface area contributed by atoms with Gasteiger partial charge in [-0.15, -0.1) is 0 Å². The summed E-state index contributed by atoms with van der Waals surface area (Å²) in [5.74, 6) is 0. The number of rotatable bonds is 7. The second kappa shape index (κ2) is 10.4. The Morgan fingerprint density at radius 3 is 2.64 bits per heavy atom. The average molecular weight is 481 g/mol. The summed E-state index contributed by atoms with van der Waals surface area (Å²) in [6, 6.07) is 0.383. The molecule has 3 aromatic rings. The lowest BCUT2D eigenvalue weighted by molar-refractivity contribution is 0.327. The van der Waals surface area contributed by atoms with Gasteiger partial charge in [-0.05, 0) is 68.7 Å². The quantitative estimate of drug-likeness (QED) is 0.336. The molecule has 0 aromatic carbocycles. The van der Waals surface area contributed by atoms with Crippen LogP contribution >= 0.6 is 0 Å². The highest BCUT2D eigenvalue weighted by Crippen LogP contribution is 2.45. The largest absolute Gasteiger partial charge is 0.330 e. The molecule has 6 heteroatoms. The van der Waals surface area contributed by atoms with Crippen molar-refractivity contribution in [1.82, 2.24) is 29.1 Å². The fourth-order valence-electron chi connectivity index (χ4n) is 4.91. The van der Waals surface area contributed by atoms with Crippen LogP contribution in [0.5, 0.6) is 0 Å². The fraction of sp³-hybridized carbons (Fsp3) is 0.333. The molecule has 36 heavy (non-hydrogen) atoms. The Bertz CT molecular complexity index is 1410. The monoisotopic (exact) mass is 480 g/mol. The molecule has 0 saturated heterocycles. The summed E-state index contributed by atoms with van der Waals surface area (Å²) in [6.07, 6.45) is 24.3. The molecule has 0 aliphatic heterocycles. The molecule has 1 aliphatic rings. The van der Waals surface area contributed by atoms with Gasteiger partial charge in [0.25, 0.3) is 0 Å². The van der Waals surface area contributed by atoms with Gasteiger partial charge in [0.1, 0.15) is 18.2 Å². The zero-order valence-corrected chi connectivity index (χ0v) is 22.2. The first-order valence-electron chi connectivity index (χ1n) is 12.4. The molecule has 0 amide bonds. The summed E-state index contributed by atoms with van der Waals surface area (Å²) in [7, 11) is 0. The van der Waals surface area contributed by atoms with Crippen molar-refractivity contribution in [2.75, 3.05) is 0 Å². The van der Waals surface area contributed by atoms with Crippen LogP contribution in [-0.4, -0.2) is 29.1 Å². The molecule has 0 radical (unpaired) electrons. The smallest absolute Gasteiger partial charge is 0.168 e. The van der Waals surface area contributed by atoms with Crippen LogP contribution in [0.2, 0.25) is 0 Å². The van der Waals surface area contributed by atoms with Gasteiger partial charge in [-0.2, -0.15) is 0 Å². The Hall–Kier alpha value is -3.80. The van der Waals surface area contributed by atoms with E-state index >= 15 is 0 Å². The molecule has 186 valence electrons. The SMILES string of the molecule is C=C(/C=C(C)/C=C/C=C(C)/C=C/C1=C(C)C(n2ccnc2)CCC1(C)C)n1cnc2c(C)ncnc21. The number of nitrogens with zero attached hydrogens (tertiary/aromatic N) is 6. The molecule has 1 unspecified atom stereocenters. The lowest BCUT2D eigenvalue weighted by Gasteiger charge is -2.37. The van der Waals surface area contributed by atoms with E-state index in [9.17, 15) is 0 Å². The molecule has 0 N–H and O–H groups in total. The van der Waals surface area contributed by atoms with Gasteiger partial charge in [0.2, 0.25) is 0 Å². The van der Waals surface area contributed by atoms with E-state index in [1.54, 1.807) is 12.7 Å². The molecular formula is C30H36N6. The Morgan fingerprint density at radius 2 is 1.89 bits per heavy atom. The minimum atomic E-state index is 0.161. The van der Waals surface area contributed by atoms with Gasteiger partial charge < -0.3 is 4.57 Å². The first kappa shape index (κ1) is 25.3. The number of fused-ring (bicyclic) bond motifs is 1. The highest BCUT2D eigenvalue weighted by Gasteiger charge is 2.32. The van der Waals surface area contributed by atoms with Crippen molar-refractivity contribution in [2.45, 2.75) is 60.4 Å². The predicted octanol–water partition coefficient (Wildman–Crippen LogP) is 7.18. The summed E-state index contributed by atoms with van der Waals surface area (Å²) in [5, 5.41) is 0. The van der Waals surface area contributed by atoms with Crippen molar-refractivity contribution in [3.05, 3.63) is 102 Å². The van der Waals surface area contributed by atoms with Crippen LogP contribution in [0.25, 0.3) is 16.9 Å². The molecule has 0 spiro atoms. The minimum Gasteiger partial charge on any atom is -0.330 e. The van der Waals surface area contributed by atoms with Crippen molar-refractivity contribution >= 4 is 16.9 Å². The lowest BCUT2D eigenvalue weighted by atomic mass is 9.71. The van der Waals surface area contributed by atoms with Gasteiger partial charge in [-0.1, -0.05) is 56.4 Å². The Kier molecular flexibility index (Phi) is 7.34. The Balaban J connectivity index is 1.47. The third-order valence-corrected chi connectivity index (χ3v) is 7.03. The van der Waals surface area contributed by atoms with Gasteiger partial charge in [0.15, 0.2) is 5.65 Å². The maximum absolute atomic E-state index is 4.43. The zero-order valence-electron chi connectivity index (χ0n) is 22.2. The molecule has 3 heterocycles. The maximum atomic E-state index is 4.43. The van der Waals surface area contributed by atoms with E-state index in [2.05, 4.69) is 102 Å². The molecule has 0 fully saturated rings. The summed E-state index contributed by atoms with van der Waals surface area (Å²) in [4.78, 5) is 17.3. The first-order chi connectivity index (χ1) is 17.2. The van der Waals surface area contributed by atoms with Crippen molar-refractivity contribution < 1.29 is 0 Å². The van der Waals surface area contributed by atoms with Gasteiger partial charge in [0, 0.05) is 18.1 Å². The molecule has 4 rings (SSSR count). The fourth-order valence-corrected chi connectivity index (χ4v) is 4.91. The molecule has 0 saturated carbocycles. The van der Waals surface area contributed by atoms with Crippen molar-refractivity contribution in [3.8, 4) is 0 Å². The van der Waals surface area contributed by atoms with Crippen LogP contribution in [0.4, 0.5) is 0 Å². The number of hydrogen-bond donors (Lipinski definition) is 0. The minimum absolute atomic E-state index is 0.161. The molecule has 0 bridgehead atoms. The summed E-state index contributed by atoms with van der Waals surface area (Å²) in [6.45, 7) is 17.3. The van der Waals surface area contributed by atoms with Crippen LogP contribution in [0.3, 0.4) is 0 Å². The number of aryl methyl sites for hydroxylation is 1. The molecule has 1 aliphatic carbocycles. The second-order valence-corrected chi connectivity index (χ2v) is 10.3. The third kappa shape index (κ3) is 5.38. The van der Waals surface area contributed by atoms with Gasteiger partial charge >= 0.3 is 0 Å². The maximum Gasteiger partial charge on any atom is 0.168 e. The molecule has 3 aromatic heterocycles. The molecular weight excluding hydrogens is 444 g/mol. The van der Waals surface area contributed by atoms with Crippen LogP contribution < -0.4 is 0 Å². The number of hydrogen-bond acceptors (Lipinski definition) is 4. The van der Waals surface area contributed by atoms with E-state index < -0.39 is 0 Å². The standard InChI is InChI=1S/C30H36N6/c1-21(11-12-26-24(4)27(13-14-30(26,6)7)35-16-15-31-19-35)9-8-10-22(2)17-23(3)36-20-34-28-25(5)32-18-33-29(28)36/h8-12,15-20,27H,3,13-14H2,1-2,4-7H3/b10-8+,12-11+,21-9+,22-17+. The van der Waals surface area contributed by atoms with E-state index in [4.69, 9.17) is 0 Å². The van der Waals surface area contributed by atoms with Gasteiger partial charge in [0.05, 0.1) is 18.1 Å². The number of allylic oxidation sites excluding steroid dienone is 11. The van der Waals surface area contributed by atoms with Crippen molar-refractivity contribution in [3.63, 3.8) is 0 Å². The lowest BCUT2D eigenvalue weighted by Crippen LogP contribution is -2.25. The number of aromatic nitrogens is 6. The first-order valence-corrected chi connectivity index (χ1v) is 12.4. The summed E-state index contributed by atoms with van der Waals surface area (Å²) < 4.78 is 4.12.